The van der Waals surface area contributed by atoms with Crippen LogP contribution in [-0.4, -0.2) is 12.2 Å². The molecule has 0 fully saturated rings. The summed E-state index contributed by atoms with van der Waals surface area (Å²) in [6.07, 6.45) is 4.14. The van der Waals surface area contributed by atoms with Crippen LogP contribution in [0.5, 0.6) is 0 Å². The predicted octanol–water partition coefficient (Wildman–Crippen LogP) is 2.64. The average Bonchev–Trinajstić information content (AvgIpc) is 2.13. The van der Waals surface area contributed by atoms with E-state index >= 15 is 0 Å². The van der Waals surface area contributed by atoms with E-state index in [9.17, 15) is 0 Å². The van der Waals surface area contributed by atoms with Crippen LogP contribution in [0.1, 0.15) is 18.1 Å². The molecule has 0 bridgehead atoms. The van der Waals surface area contributed by atoms with E-state index in [1.807, 2.05) is 13.0 Å². The first-order chi connectivity index (χ1) is 5.83. The maximum absolute atomic E-state index is 7.00. The molecular weight excluding hydrogens is 148 g/mol. The van der Waals surface area contributed by atoms with Gasteiger partial charge in [-0.25, -0.2) is 0 Å². The van der Waals surface area contributed by atoms with Gasteiger partial charge in [-0.2, -0.15) is 0 Å². The van der Waals surface area contributed by atoms with Gasteiger partial charge in [0.05, 0.1) is 0 Å². The Morgan fingerprint density at radius 3 is 2.00 bits per heavy atom. The topological polar surface area (TPSA) is 20.2 Å². The fraction of sp³-hybridized carbons (Fsp3) is 0.273. The highest BCUT2D eigenvalue weighted by atomic mass is 16.2. The zero-order valence-electron chi connectivity index (χ0n) is 7.91. The Balaban J connectivity index is 0.000000561. The second-order valence-corrected chi connectivity index (χ2v) is 2.41. The molecule has 1 heteroatoms. The molecule has 0 unspecified atom stereocenters. The Morgan fingerprint density at radius 1 is 1.08 bits per heavy atom. The van der Waals surface area contributed by atoms with Crippen molar-refractivity contribution in [2.75, 3.05) is 7.11 Å². The van der Waals surface area contributed by atoms with E-state index < -0.39 is 0 Å². The van der Waals surface area contributed by atoms with E-state index in [0.29, 0.717) is 0 Å². The molecule has 0 spiro atoms. The van der Waals surface area contributed by atoms with Gasteiger partial charge in [-0.05, 0) is 19.4 Å². The second kappa shape index (κ2) is 6.62. The van der Waals surface area contributed by atoms with Gasteiger partial charge in [-0.3, -0.25) is 0 Å². The molecule has 12 heavy (non-hydrogen) atoms. The zero-order chi connectivity index (χ0) is 9.40. The van der Waals surface area contributed by atoms with E-state index in [0.717, 1.165) is 7.11 Å². The van der Waals surface area contributed by atoms with Crippen molar-refractivity contribution >= 4 is 6.08 Å². The molecule has 0 amide bonds. The monoisotopic (exact) mass is 164 g/mol. The highest BCUT2D eigenvalue weighted by Crippen LogP contribution is 2.04. The van der Waals surface area contributed by atoms with Crippen molar-refractivity contribution in [3.05, 3.63) is 41.5 Å². The third kappa shape index (κ3) is 3.94. The van der Waals surface area contributed by atoms with Crippen molar-refractivity contribution in [2.24, 2.45) is 0 Å². The molecule has 1 aromatic rings. The van der Waals surface area contributed by atoms with Crippen LogP contribution in [0, 0.1) is 6.92 Å². The van der Waals surface area contributed by atoms with Gasteiger partial charge in [0.1, 0.15) is 0 Å². The number of aliphatic hydroxyl groups excluding tert-OH is 1. The summed E-state index contributed by atoms with van der Waals surface area (Å²) in [6, 6.07) is 8.48. The maximum Gasteiger partial charge on any atom is 0.0319 e. The van der Waals surface area contributed by atoms with Gasteiger partial charge in [0.15, 0.2) is 0 Å². The Kier molecular flexibility index (Phi) is 6.02. The van der Waals surface area contributed by atoms with Crippen LogP contribution in [0.3, 0.4) is 0 Å². The molecule has 0 aliphatic carbocycles. The van der Waals surface area contributed by atoms with Crippen molar-refractivity contribution in [3.63, 3.8) is 0 Å². The van der Waals surface area contributed by atoms with Gasteiger partial charge >= 0.3 is 0 Å². The molecule has 1 N–H and O–H groups in total. The number of hydrogen-bond acceptors (Lipinski definition) is 1. The standard InChI is InChI=1S/C10H12.CH4O/c1-3-4-10-7-5-9(2)6-8-10;1-2/h3-8H,1-2H3;2H,1H3/b4-3+;. The summed E-state index contributed by atoms with van der Waals surface area (Å²) in [5, 5.41) is 7.00. The minimum atomic E-state index is 1.00. The molecular formula is C11H16O. The summed E-state index contributed by atoms with van der Waals surface area (Å²) in [5.74, 6) is 0. The first-order valence-electron chi connectivity index (χ1n) is 3.97. The van der Waals surface area contributed by atoms with Crippen LogP contribution >= 0.6 is 0 Å². The number of aryl methyl sites for hydroxylation is 1. The SMILES string of the molecule is C/C=C/c1ccc(C)cc1.CO. The van der Waals surface area contributed by atoms with Gasteiger partial charge in [0, 0.05) is 7.11 Å². The van der Waals surface area contributed by atoms with Gasteiger partial charge in [-0.15, -0.1) is 0 Å². The van der Waals surface area contributed by atoms with Gasteiger partial charge < -0.3 is 5.11 Å². The van der Waals surface area contributed by atoms with Crippen LogP contribution in [0.4, 0.5) is 0 Å². The number of aliphatic hydroxyl groups is 1. The molecule has 1 rings (SSSR count). The average molecular weight is 164 g/mol. The molecule has 1 nitrogen and oxygen atoms in total. The van der Waals surface area contributed by atoms with E-state index in [-0.39, 0.29) is 0 Å². The second-order valence-electron chi connectivity index (χ2n) is 2.41. The Hall–Kier alpha value is -1.08. The van der Waals surface area contributed by atoms with Crippen molar-refractivity contribution in [1.82, 2.24) is 0 Å². The molecule has 66 valence electrons. The van der Waals surface area contributed by atoms with Crippen LogP contribution in [-0.2, 0) is 0 Å². The third-order valence-corrected chi connectivity index (χ3v) is 1.44. The molecule has 0 aromatic heterocycles. The van der Waals surface area contributed by atoms with E-state index in [1.54, 1.807) is 0 Å². The summed E-state index contributed by atoms with van der Waals surface area (Å²) in [6.45, 7) is 4.12. The van der Waals surface area contributed by atoms with E-state index in [4.69, 9.17) is 5.11 Å². The first-order valence-corrected chi connectivity index (χ1v) is 3.97. The van der Waals surface area contributed by atoms with Gasteiger partial charge in [0.2, 0.25) is 0 Å². The van der Waals surface area contributed by atoms with Crippen molar-refractivity contribution in [1.29, 1.82) is 0 Å². The van der Waals surface area contributed by atoms with Crippen molar-refractivity contribution < 1.29 is 5.11 Å². The minimum Gasteiger partial charge on any atom is -0.400 e. The molecule has 0 radical (unpaired) electrons. The summed E-state index contributed by atoms with van der Waals surface area (Å²) in [4.78, 5) is 0. The fourth-order valence-corrected chi connectivity index (χ4v) is 0.870. The number of hydrogen-bond donors (Lipinski definition) is 1. The maximum atomic E-state index is 7.00. The quantitative estimate of drug-likeness (QED) is 0.676. The highest BCUT2D eigenvalue weighted by molar-refractivity contribution is 5.48. The minimum absolute atomic E-state index is 1.00. The Bertz CT molecular complexity index is 221. The molecule has 0 atom stereocenters. The molecule has 0 aliphatic heterocycles. The van der Waals surface area contributed by atoms with Crippen LogP contribution < -0.4 is 0 Å². The Morgan fingerprint density at radius 2 is 1.58 bits per heavy atom. The molecule has 0 heterocycles. The van der Waals surface area contributed by atoms with Crippen molar-refractivity contribution in [2.45, 2.75) is 13.8 Å². The van der Waals surface area contributed by atoms with Gasteiger partial charge in [-0.1, -0.05) is 42.0 Å². The summed E-state index contributed by atoms with van der Waals surface area (Å²) in [5.41, 5.74) is 2.58. The fourth-order valence-electron chi connectivity index (χ4n) is 0.870. The largest absolute Gasteiger partial charge is 0.400 e. The molecule has 0 aliphatic rings. The van der Waals surface area contributed by atoms with Crippen molar-refractivity contribution in [3.8, 4) is 0 Å². The van der Waals surface area contributed by atoms with E-state index in [2.05, 4.69) is 37.3 Å². The molecule has 1 aromatic carbocycles. The first kappa shape index (κ1) is 10.9. The summed E-state index contributed by atoms with van der Waals surface area (Å²) in [7, 11) is 1.00. The lowest BCUT2D eigenvalue weighted by Crippen LogP contribution is -1.71. The lowest BCUT2D eigenvalue weighted by molar-refractivity contribution is 0.399. The molecule has 0 saturated heterocycles. The lowest BCUT2D eigenvalue weighted by Gasteiger charge is -1.92. The summed E-state index contributed by atoms with van der Waals surface area (Å²) < 4.78 is 0. The number of allylic oxidation sites excluding steroid dienone is 1. The summed E-state index contributed by atoms with van der Waals surface area (Å²) >= 11 is 0. The smallest absolute Gasteiger partial charge is 0.0319 e. The lowest BCUT2D eigenvalue weighted by atomic mass is 10.1. The predicted molar refractivity (Wildman–Crippen MR) is 54.0 cm³/mol. The van der Waals surface area contributed by atoms with Crippen LogP contribution in [0.2, 0.25) is 0 Å². The molecule has 0 saturated carbocycles. The Labute approximate surface area is 74.4 Å². The highest BCUT2D eigenvalue weighted by Gasteiger charge is 1.83. The number of rotatable bonds is 1. The van der Waals surface area contributed by atoms with Crippen LogP contribution in [0.25, 0.3) is 6.08 Å². The van der Waals surface area contributed by atoms with Gasteiger partial charge in [0.25, 0.3) is 0 Å². The van der Waals surface area contributed by atoms with E-state index in [1.165, 1.54) is 11.1 Å². The van der Waals surface area contributed by atoms with Crippen LogP contribution in [0.15, 0.2) is 30.3 Å². The zero-order valence-corrected chi connectivity index (χ0v) is 7.91. The number of benzene rings is 1. The third-order valence-electron chi connectivity index (χ3n) is 1.44. The normalized spacial score (nSPS) is 9.33.